The van der Waals surface area contributed by atoms with Gasteiger partial charge in [0.15, 0.2) is 0 Å². The third-order valence-electron chi connectivity index (χ3n) is 2.27. The molecule has 1 aliphatic rings. The average molecular weight is 168 g/mol. The Morgan fingerprint density at radius 2 is 2.50 bits per heavy atom. The molecule has 1 N–H and O–H groups in total. The third-order valence-corrected chi connectivity index (χ3v) is 2.27. The predicted molar refractivity (Wildman–Crippen MR) is 47.8 cm³/mol. The minimum atomic E-state index is -0.387. The van der Waals surface area contributed by atoms with E-state index in [1.54, 1.807) is 13.0 Å². The maximum atomic E-state index is 11.2. The van der Waals surface area contributed by atoms with Crippen molar-refractivity contribution < 1.29 is 9.90 Å². The second-order valence-electron chi connectivity index (χ2n) is 3.46. The molecule has 0 amide bonds. The molecule has 1 fully saturated rings. The second kappa shape index (κ2) is 4.41. The van der Waals surface area contributed by atoms with Crippen LogP contribution >= 0.6 is 0 Å². The first-order valence-corrected chi connectivity index (χ1v) is 4.57. The van der Waals surface area contributed by atoms with E-state index < -0.39 is 0 Å². The second-order valence-corrected chi connectivity index (χ2v) is 3.46. The number of carbonyl (C=O) groups is 1. The zero-order valence-electron chi connectivity index (χ0n) is 7.49. The molecule has 2 heteroatoms. The maximum Gasteiger partial charge on any atom is 0.136 e. The molecule has 1 saturated carbocycles. The number of aliphatic hydroxyl groups excluding tert-OH is 1. The van der Waals surface area contributed by atoms with Crippen LogP contribution in [0.15, 0.2) is 12.2 Å². The van der Waals surface area contributed by atoms with E-state index in [0.29, 0.717) is 5.78 Å². The van der Waals surface area contributed by atoms with Gasteiger partial charge in [-0.15, -0.1) is 0 Å². The summed E-state index contributed by atoms with van der Waals surface area (Å²) in [5.74, 6) is 0.630. The number of carbonyl (C=O) groups excluding carboxylic acids is 1. The van der Waals surface area contributed by atoms with Crippen LogP contribution in [0.3, 0.4) is 0 Å². The van der Waals surface area contributed by atoms with E-state index in [-0.39, 0.29) is 12.0 Å². The molecule has 2 unspecified atom stereocenters. The highest BCUT2D eigenvalue weighted by molar-refractivity contribution is 5.82. The number of ketones is 1. The summed E-state index contributed by atoms with van der Waals surface area (Å²) in [6.45, 7) is 1.72. The van der Waals surface area contributed by atoms with Crippen LogP contribution < -0.4 is 0 Å². The minimum Gasteiger partial charge on any atom is -0.389 e. The van der Waals surface area contributed by atoms with Gasteiger partial charge in [0.2, 0.25) is 0 Å². The van der Waals surface area contributed by atoms with Crippen molar-refractivity contribution in [2.45, 2.75) is 38.7 Å². The molecule has 0 bridgehead atoms. The molecule has 0 aromatic rings. The molecule has 0 saturated heterocycles. The highest BCUT2D eigenvalue weighted by atomic mass is 16.3. The van der Waals surface area contributed by atoms with Gasteiger partial charge in [-0.1, -0.05) is 12.2 Å². The van der Waals surface area contributed by atoms with Crippen LogP contribution in [-0.4, -0.2) is 17.0 Å². The molecule has 0 radical (unpaired) electrons. The Kier molecular flexibility index (Phi) is 3.48. The Balaban J connectivity index is 2.27. The third kappa shape index (κ3) is 2.78. The van der Waals surface area contributed by atoms with E-state index in [1.807, 2.05) is 6.08 Å². The lowest BCUT2D eigenvalue weighted by Gasteiger charge is -2.02. The molecule has 0 spiro atoms. The summed E-state index contributed by atoms with van der Waals surface area (Å²) in [5, 5.41) is 8.92. The van der Waals surface area contributed by atoms with E-state index >= 15 is 0 Å². The summed E-state index contributed by atoms with van der Waals surface area (Å²) in [4.78, 5) is 11.2. The van der Waals surface area contributed by atoms with Crippen LogP contribution in [-0.2, 0) is 4.79 Å². The lowest BCUT2D eigenvalue weighted by atomic mass is 10.0. The fourth-order valence-corrected chi connectivity index (χ4v) is 1.58. The van der Waals surface area contributed by atoms with E-state index in [1.165, 1.54) is 0 Å². The van der Waals surface area contributed by atoms with Crippen molar-refractivity contribution in [2.24, 2.45) is 5.92 Å². The fourth-order valence-electron chi connectivity index (χ4n) is 1.58. The highest BCUT2D eigenvalue weighted by Crippen LogP contribution is 2.24. The summed E-state index contributed by atoms with van der Waals surface area (Å²) >= 11 is 0. The van der Waals surface area contributed by atoms with Crippen molar-refractivity contribution >= 4 is 5.78 Å². The summed E-state index contributed by atoms with van der Waals surface area (Å²) < 4.78 is 0. The van der Waals surface area contributed by atoms with Crippen molar-refractivity contribution in [2.75, 3.05) is 0 Å². The molecular weight excluding hydrogens is 152 g/mol. The van der Waals surface area contributed by atoms with Crippen molar-refractivity contribution in [3.05, 3.63) is 12.2 Å². The topological polar surface area (TPSA) is 37.3 Å². The zero-order valence-corrected chi connectivity index (χ0v) is 7.49. The van der Waals surface area contributed by atoms with Gasteiger partial charge >= 0.3 is 0 Å². The monoisotopic (exact) mass is 168 g/mol. The van der Waals surface area contributed by atoms with Gasteiger partial charge in [0, 0.05) is 12.3 Å². The molecule has 0 heterocycles. The molecule has 1 rings (SSSR count). The molecule has 0 aromatic heterocycles. The molecule has 1 aliphatic carbocycles. The van der Waals surface area contributed by atoms with Gasteiger partial charge in [-0.05, 0) is 26.2 Å². The van der Waals surface area contributed by atoms with Crippen molar-refractivity contribution in [1.29, 1.82) is 0 Å². The lowest BCUT2D eigenvalue weighted by Crippen LogP contribution is -2.04. The van der Waals surface area contributed by atoms with Crippen LogP contribution in [0.5, 0.6) is 0 Å². The summed E-state index contributed by atoms with van der Waals surface area (Å²) in [6, 6.07) is 0. The lowest BCUT2D eigenvalue weighted by molar-refractivity contribution is -0.120. The first-order valence-electron chi connectivity index (χ1n) is 4.57. The predicted octanol–water partition coefficient (Wildman–Crippen LogP) is 1.68. The van der Waals surface area contributed by atoms with Crippen LogP contribution in [0.4, 0.5) is 0 Å². The van der Waals surface area contributed by atoms with Gasteiger partial charge in [0.1, 0.15) is 5.78 Å². The van der Waals surface area contributed by atoms with Crippen LogP contribution in [0.2, 0.25) is 0 Å². The van der Waals surface area contributed by atoms with Crippen molar-refractivity contribution in [1.82, 2.24) is 0 Å². The number of aliphatic hydroxyl groups is 1. The van der Waals surface area contributed by atoms with Gasteiger partial charge < -0.3 is 5.11 Å². The molecule has 12 heavy (non-hydrogen) atoms. The Hall–Kier alpha value is -0.630. The van der Waals surface area contributed by atoms with Gasteiger partial charge in [0.05, 0.1) is 6.10 Å². The van der Waals surface area contributed by atoms with E-state index in [4.69, 9.17) is 5.11 Å². The summed E-state index contributed by atoms with van der Waals surface area (Å²) in [7, 11) is 0. The normalized spacial score (nSPS) is 26.8. The molecule has 0 aromatic carbocycles. The number of allylic oxidation sites excluding steroid dienone is 1. The number of Topliss-reactive ketones (excluding diaryl/α,β-unsaturated/α-hetero) is 1. The smallest absolute Gasteiger partial charge is 0.136 e. The first kappa shape index (κ1) is 9.46. The molecule has 2 nitrogen and oxygen atoms in total. The Morgan fingerprint density at radius 1 is 1.75 bits per heavy atom. The molecular formula is C10H16O2. The van der Waals surface area contributed by atoms with Crippen LogP contribution in [0.25, 0.3) is 0 Å². The largest absolute Gasteiger partial charge is 0.389 e. The Morgan fingerprint density at radius 3 is 3.00 bits per heavy atom. The quantitative estimate of drug-likeness (QED) is 0.651. The first-order chi connectivity index (χ1) is 5.70. The van der Waals surface area contributed by atoms with Gasteiger partial charge in [-0.3, -0.25) is 4.79 Å². The van der Waals surface area contributed by atoms with E-state index in [9.17, 15) is 4.79 Å². The van der Waals surface area contributed by atoms with Crippen LogP contribution in [0, 0.1) is 5.92 Å². The van der Waals surface area contributed by atoms with Gasteiger partial charge in [-0.2, -0.15) is 0 Å². The number of hydrogen-bond donors (Lipinski definition) is 1. The zero-order chi connectivity index (χ0) is 8.97. The fraction of sp³-hybridized carbons (Fsp3) is 0.700. The SMILES string of the molecule is CC(O)/C=C/CC1CCCC1=O. The standard InChI is InChI=1S/C10H16O2/c1-8(11)4-2-5-9-6-3-7-10(9)12/h2,4,8-9,11H,3,5-7H2,1H3/b4-2+. The van der Waals surface area contributed by atoms with Crippen LogP contribution in [0.1, 0.15) is 32.6 Å². The summed E-state index contributed by atoms with van der Waals surface area (Å²) in [6.07, 6.45) is 6.91. The van der Waals surface area contributed by atoms with E-state index in [0.717, 1.165) is 25.7 Å². The summed E-state index contributed by atoms with van der Waals surface area (Å²) in [5.41, 5.74) is 0. The molecule has 68 valence electrons. The Bertz CT molecular complexity index is 182. The number of rotatable bonds is 3. The van der Waals surface area contributed by atoms with Gasteiger partial charge in [-0.25, -0.2) is 0 Å². The molecule has 0 aliphatic heterocycles. The average Bonchev–Trinajstić information content (AvgIpc) is 2.36. The van der Waals surface area contributed by atoms with Crippen molar-refractivity contribution in [3.8, 4) is 0 Å². The highest BCUT2D eigenvalue weighted by Gasteiger charge is 2.22. The van der Waals surface area contributed by atoms with Crippen molar-refractivity contribution in [3.63, 3.8) is 0 Å². The number of hydrogen-bond acceptors (Lipinski definition) is 2. The van der Waals surface area contributed by atoms with E-state index in [2.05, 4.69) is 0 Å². The maximum absolute atomic E-state index is 11.2. The minimum absolute atomic E-state index is 0.236. The molecule has 2 atom stereocenters. The Labute approximate surface area is 73.3 Å². The van der Waals surface area contributed by atoms with Gasteiger partial charge in [0.25, 0.3) is 0 Å².